The second kappa shape index (κ2) is 11.5. The number of piperazine rings is 1. The Morgan fingerprint density at radius 1 is 1.20 bits per heavy atom. The largest absolute Gasteiger partial charge is 0.493 e. The summed E-state index contributed by atoms with van der Waals surface area (Å²) >= 11 is 0. The van der Waals surface area contributed by atoms with Crippen molar-refractivity contribution < 1.29 is 23.9 Å². The minimum Gasteiger partial charge on any atom is -0.493 e. The average Bonchev–Trinajstić information content (AvgIpc) is 2.67. The summed E-state index contributed by atoms with van der Waals surface area (Å²) in [6.07, 6.45) is -0.0790. The number of esters is 1. The van der Waals surface area contributed by atoms with Crippen LogP contribution in [0.3, 0.4) is 0 Å². The molecular formula is C22H33N3O5. The molecule has 2 N–H and O–H groups in total. The number of rotatable bonds is 10. The van der Waals surface area contributed by atoms with E-state index in [9.17, 15) is 14.4 Å². The molecule has 1 atom stereocenters. The number of carbonyl (C=O) groups excluding carboxylic acids is 3. The number of carbonyl (C=O) groups is 3. The fourth-order valence-electron chi connectivity index (χ4n) is 2.96. The molecule has 1 heterocycles. The first-order chi connectivity index (χ1) is 14.2. The van der Waals surface area contributed by atoms with E-state index in [0.29, 0.717) is 43.7 Å². The van der Waals surface area contributed by atoms with E-state index < -0.39 is 12.0 Å². The summed E-state index contributed by atoms with van der Waals surface area (Å²) in [5, 5.41) is 5.59. The van der Waals surface area contributed by atoms with Gasteiger partial charge in [-0.1, -0.05) is 33.8 Å². The van der Waals surface area contributed by atoms with Crippen LogP contribution in [0.4, 0.5) is 5.69 Å². The lowest BCUT2D eigenvalue weighted by Crippen LogP contribution is -2.57. The number of amides is 2. The van der Waals surface area contributed by atoms with Gasteiger partial charge in [0.25, 0.3) is 0 Å². The Morgan fingerprint density at radius 2 is 1.93 bits per heavy atom. The van der Waals surface area contributed by atoms with E-state index in [1.807, 2.05) is 26.0 Å². The zero-order chi connectivity index (χ0) is 22.1. The van der Waals surface area contributed by atoms with Crippen LogP contribution in [0.5, 0.6) is 5.75 Å². The van der Waals surface area contributed by atoms with Gasteiger partial charge in [0.2, 0.25) is 11.8 Å². The van der Waals surface area contributed by atoms with E-state index in [2.05, 4.69) is 24.5 Å². The molecule has 8 heteroatoms. The van der Waals surface area contributed by atoms with E-state index in [-0.39, 0.29) is 30.7 Å². The molecule has 166 valence electrons. The Balaban J connectivity index is 1.93. The summed E-state index contributed by atoms with van der Waals surface area (Å²) in [4.78, 5) is 38.6. The van der Waals surface area contributed by atoms with Crippen LogP contribution in [-0.2, 0) is 19.1 Å². The van der Waals surface area contributed by atoms with Gasteiger partial charge >= 0.3 is 5.97 Å². The third-order valence-electron chi connectivity index (χ3n) is 4.43. The van der Waals surface area contributed by atoms with Gasteiger partial charge in [-0.25, -0.2) is 0 Å². The Labute approximate surface area is 178 Å². The minimum absolute atomic E-state index is 0.00657. The predicted octanol–water partition coefficient (Wildman–Crippen LogP) is 2.05. The van der Waals surface area contributed by atoms with Crippen molar-refractivity contribution in [3.05, 3.63) is 24.3 Å². The highest BCUT2D eigenvalue weighted by Crippen LogP contribution is 2.18. The Morgan fingerprint density at radius 3 is 2.63 bits per heavy atom. The van der Waals surface area contributed by atoms with Crippen LogP contribution in [-0.4, -0.2) is 61.6 Å². The monoisotopic (exact) mass is 419 g/mol. The highest BCUT2D eigenvalue weighted by atomic mass is 16.5. The number of nitrogens with zero attached hydrogens (tertiary/aromatic N) is 1. The first-order valence-corrected chi connectivity index (χ1v) is 10.4. The summed E-state index contributed by atoms with van der Waals surface area (Å²) in [6, 6.07) is 6.48. The van der Waals surface area contributed by atoms with Gasteiger partial charge < -0.3 is 20.1 Å². The fourth-order valence-corrected chi connectivity index (χ4v) is 2.96. The molecule has 1 fully saturated rings. The molecule has 30 heavy (non-hydrogen) atoms. The average molecular weight is 420 g/mol. The van der Waals surface area contributed by atoms with Crippen molar-refractivity contribution in [1.29, 1.82) is 0 Å². The molecule has 8 nitrogen and oxygen atoms in total. The quantitative estimate of drug-likeness (QED) is 0.564. The van der Waals surface area contributed by atoms with Gasteiger partial charge in [-0.05, 0) is 24.0 Å². The van der Waals surface area contributed by atoms with E-state index in [1.165, 1.54) is 0 Å². The number of anilines is 1. The molecule has 0 spiro atoms. The van der Waals surface area contributed by atoms with Crippen molar-refractivity contribution in [3.63, 3.8) is 0 Å². The van der Waals surface area contributed by atoms with Gasteiger partial charge in [-0.2, -0.15) is 0 Å². The third-order valence-corrected chi connectivity index (χ3v) is 4.43. The molecule has 1 aliphatic rings. The molecule has 1 unspecified atom stereocenters. The maximum absolute atomic E-state index is 12.6. The van der Waals surface area contributed by atoms with E-state index in [0.717, 1.165) is 0 Å². The zero-order valence-electron chi connectivity index (χ0n) is 18.3. The van der Waals surface area contributed by atoms with Crippen molar-refractivity contribution in [3.8, 4) is 5.75 Å². The number of hydrogen-bond donors (Lipinski definition) is 2. The van der Waals surface area contributed by atoms with Gasteiger partial charge in [-0.15, -0.1) is 0 Å². The van der Waals surface area contributed by atoms with Crippen LogP contribution >= 0.6 is 0 Å². The lowest BCUT2D eigenvalue weighted by atomic mass is 10.1. The normalized spacial score (nSPS) is 17.0. The van der Waals surface area contributed by atoms with E-state index >= 15 is 0 Å². The standard InChI is InChI=1S/C22H33N3O5/c1-15(2)13-29-18-7-5-6-17(10-18)24-20(26)12-25-9-8-23-22(28)19(25)11-21(27)30-14-16(3)4/h5-7,10,15-16,19H,8-9,11-14H2,1-4H3,(H,23,28)(H,24,26). The molecule has 0 bridgehead atoms. The molecule has 0 radical (unpaired) electrons. The molecule has 1 saturated heterocycles. The number of benzene rings is 1. The molecule has 2 rings (SSSR count). The molecule has 0 aliphatic carbocycles. The van der Waals surface area contributed by atoms with Gasteiger partial charge in [-0.3, -0.25) is 19.3 Å². The molecular weight excluding hydrogens is 386 g/mol. The van der Waals surface area contributed by atoms with Crippen molar-refractivity contribution in [2.75, 3.05) is 38.2 Å². The summed E-state index contributed by atoms with van der Waals surface area (Å²) in [7, 11) is 0. The van der Waals surface area contributed by atoms with Crippen molar-refractivity contribution in [1.82, 2.24) is 10.2 Å². The molecule has 2 amide bonds. The van der Waals surface area contributed by atoms with Crippen LogP contribution < -0.4 is 15.4 Å². The van der Waals surface area contributed by atoms with Gasteiger partial charge in [0, 0.05) is 24.8 Å². The van der Waals surface area contributed by atoms with Crippen molar-refractivity contribution >= 4 is 23.5 Å². The maximum atomic E-state index is 12.6. The summed E-state index contributed by atoms with van der Waals surface area (Å²) in [6.45, 7) is 9.84. The maximum Gasteiger partial charge on any atom is 0.307 e. The highest BCUT2D eigenvalue weighted by molar-refractivity contribution is 5.93. The van der Waals surface area contributed by atoms with E-state index in [4.69, 9.17) is 9.47 Å². The third kappa shape index (κ3) is 8.02. The molecule has 1 aliphatic heterocycles. The number of hydrogen-bond acceptors (Lipinski definition) is 6. The van der Waals surface area contributed by atoms with Crippen LogP contribution in [0.15, 0.2) is 24.3 Å². The summed E-state index contributed by atoms with van der Waals surface area (Å²) < 4.78 is 10.9. The molecule has 0 saturated carbocycles. The Hall–Kier alpha value is -2.61. The summed E-state index contributed by atoms with van der Waals surface area (Å²) in [5.74, 6) is 0.343. The topological polar surface area (TPSA) is 97.0 Å². The van der Waals surface area contributed by atoms with E-state index in [1.54, 1.807) is 17.0 Å². The second-order valence-corrected chi connectivity index (χ2v) is 8.34. The minimum atomic E-state index is -0.718. The Bertz CT molecular complexity index is 735. The SMILES string of the molecule is CC(C)COC(=O)CC1C(=O)NCCN1CC(=O)Nc1cccc(OCC(C)C)c1. The van der Waals surface area contributed by atoms with Crippen molar-refractivity contribution in [2.45, 2.75) is 40.2 Å². The number of nitrogens with one attached hydrogen (secondary N) is 2. The van der Waals surface area contributed by atoms with Gasteiger partial charge in [0.15, 0.2) is 0 Å². The first-order valence-electron chi connectivity index (χ1n) is 10.4. The zero-order valence-corrected chi connectivity index (χ0v) is 18.3. The lowest BCUT2D eigenvalue weighted by Gasteiger charge is -2.33. The smallest absolute Gasteiger partial charge is 0.307 e. The molecule has 1 aromatic rings. The highest BCUT2D eigenvalue weighted by Gasteiger charge is 2.33. The van der Waals surface area contributed by atoms with Crippen LogP contribution in [0.25, 0.3) is 0 Å². The van der Waals surface area contributed by atoms with Crippen LogP contribution in [0.1, 0.15) is 34.1 Å². The summed E-state index contributed by atoms with van der Waals surface area (Å²) in [5.41, 5.74) is 0.621. The van der Waals surface area contributed by atoms with Gasteiger partial charge in [0.1, 0.15) is 11.8 Å². The Kier molecular flexibility index (Phi) is 9.11. The van der Waals surface area contributed by atoms with Crippen molar-refractivity contribution in [2.24, 2.45) is 11.8 Å². The second-order valence-electron chi connectivity index (χ2n) is 8.34. The number of ether oxygens (including phenoxy) is 2. The predicted molar refractivity (Wildman–Crippen MR) is 114 cm³/mol. The lowest BCUT2D eigenvalue weighted by molar-refractivity contribution is -0.149. The van der Waals surface area contributed by atoms with Gasteiger partial charge in [0.05, 0.1) is 26.2 Å². The molecule has 1 aromatic carbocycles. The van der Waals surface area contributed by atoms with Crippen LogP contribution in [0, 0.1) is 11.8 Å². The fraction of sp³-hybridized carbons (Fsp3) is 0.591. The molecule has 0 aromatic heterocycles. The van der Waals surface area contributed by atoms with Crippen LogP contribution in [0.2, 0.25) is 0 Å². The first kappa shape index (κ1) is 23.7.